The minimum Gasteiger partial charge on any atom is -0.307 e. The number of benzene rings is 1. The van der Waals surface area contributed by atoms with Gasteiger partial charge >= 0.3 is 0 Å². The highest BCUT2D eigenvalue weighted by Crippen LogP contribution is 2.15. The topological polar surface area (TPSA) is 44.7 Å². The number of carbonyl (C=O) groups excluding carboxylic acids is 1. The maximum Gasteiger partial charge on any atom is 0.256 e. The molecule has 1 saturated heterocycles. The summed E-state index contributed by atoms with van der Waals surface area (Å²) in [4.78, 5) is 18.2. The molecule has 0 radical (unpaired) electrons. The number of carbonyl (C=O) groups is 1. The normalized spacial score (nSPS) is 16.1. The number of hydrogen-bond donors (Lipinski definition) is 1. The molecule has 1 amide bonds. The van der Waals surface area contributed by atoms with Crippen LogP contribution in [0.5, 0.6) is 0 Å². The lowest BCUT2D eigenvalue weighted by Gasteiger charge is -2.23. The van der Waals surface area contributed by atoms with Crippen LogP contribution in [0, 0.1) is 5.82 Å². The molecule has 1 aliphatic rings. The van der Waals surface area contributed by atoms with E-state index in [1.165, 1.54) is 29.8 Å². The molecule has 132 valence electrons. The Labute approximate surface area is 148 Å². The van der Waals surface area contributed by atoms with Crippen molar-refractivity contribution in [2.24, 2.45) is 4.99 Å². The lowest BCUT2D eigenvalue weighted by Crippen LogP contribution is -2.26. The van der Waals surface area contributed by atoms with E-state index in [9.17, 15) is 9.18 Å². The zero-order chi connectivity index (χ0) is 18.1. The molecule has 1 aromatic rings. The molecular formula is C20H24FN3O. The molecule has 25 heavy (non-hydrogen) atoms. The molecule has 2 rings (SSSR count). The number of hydrogen-bond acceptors (Lipinski definition) is 3. The van der Waals surface area contributed by atoms with Crippen molar-refractivity contribution in [3.8, 4) is 0 Å². The average Bonchev–Trinajstić information content (AvgIpc) is 2.62. The molecule has 0 aromatic heterocycles. The maximum atomic E-state index is 12.9. The molecule has 1 fully saturated rings. The average molecular weight is 341 g/mol. The van der Waals surface area contributed by atoms with Crippen molar-refractivity contribution in [1.82, 2.24) is 10.2 Å². The Bertz CT molecular complexity index is 679. The first-order chi connectivity index (χ1) is 12.1. The first kappa shape index (κ1) is 18.8. The highest BCUT2D eigenvalue weighted by Gasteiger charge is 2.08. The lowest BCUT2D eigenvalue weighted by molar-refractivity contribution is 0.0965. The highest BCUT2D eigenvalue weighted by molar-refractivity contribution is 5.95. The SMILES string of the molecule is C=N/C(=C\C=C/CC=C1CCN(C)CC1)NC(=O)c1ccc(F)cc1. The van der Waals surface area contributed by atoms with Crippen LogP contribution in [-0.4, -0.2) is 37.7 Å². The summed E-state index contributed by atoms with van der Waals surface area (Å²) in [6.45, 7) is 5.70. The van der Waals surface area contributed by atoms with Gasteiger partial charge in [0.15, 0.2) is 0 Å². The number of rotatable bonds is 6. The fourth-order valence-corrected chi connectivity index (χ4v) is 2.51. The predicted octanol–water partition coefficient (Wildman–Crippen LogP) is 3.70. The van der Waals surface area contributed by atoms with Gasteiger partial charge in [-0.05, 0) is 63.4 Å². The summed E-state index contributed by atoms with van der Waals surface area (Å²) < 4.78 is 12.9. The van der Waals surface area contributed by atoms with Crippen LogP contribution >= 0.6 is 0 Å². The van der Waals surface area contributed by atoms with Crippen LogP contribution in [0.1, 0.15) is 29.6 Å². The van der Waals surface area contributed by atoms with E-state index in [-0.39, 0.29) is 11.7 Å². The summed E-state index contributed by atoms with van der Waals surface area (Å²) in [5, 5.41) is 2.65. The minimum absolute atomic E-state index is 0.347. The second kappa shape index (κ2) is 9.69. The Kier molecular flexibility index (Phi) is 7.29. The van der Waals surface area contributed by atoms with E-state index in [4.69, 9.17) is 0 Å². The van der Waals surface area contributed by atoms with Gasteiger partial charge in [-0.1, -0.05) is 23.8 Å². The van der Waals surface area contributed by atoms with Gasteiger partial charge in [-0.25, -0.2) is 9.38 Å². The lowest BCUT2D eigenvalue weighted by atomic mass is 10.0. The number of amides is 1. The van der Waals surface area contributed by atoms with Gasteiger partial charge in [0.1, 0.15) is 11.6 Å². The Balaban J connectivity index is 1.85. The van der Waals surface area contributed by atoms with Crippen molar-refractivity contribution in [3.05, 3.63) is 71.3 Å². The van der Waals surface area contributed by atoms with Gasteiger partial charge < -0.3 is 10.2 Å². The summed E-state index contributed by atoms with van der Waals surface area (Å²) in [6, 6.07) is 5.34. The Morgan fingerprint density at radius 3 is 2.64 bits per heavy atom. The molecule has 0 atom stereocenters. The Morgan fingerprint density at radius 1 is 1.32 bits per heavy atom. The second-order valence-electron chi connectivity index (χ2n) is 6.00. The second-order valence-corrected chi connectivity index (χ2v) is 6.00. The molecule has 1 heterocycles. The van der Waals surface area contributed by atoms with Gasteiger partial charge in [0.05, 0.1) is 0 Å². The number of allylic oxidation sites excluding steroid dienone is 4. The van der Waals surface area contributed by atoms with Gasteiger partial charge in [-0.15, -0.1) is 0 Å². The van der Waals surface area contributed by atoms with E-state index in [2.05, 4.69) is 35.1 Å². The smallest absolute Gasteiger partial charge is 0.256 e. The number of aliphatic imine (C=N–C) groups is 1. The molecule has 1 N–H and O–H groups in total. The van der Waals surface area contributed by atoms with E-state index in [1.54, 1.807) is 6.08 Å². The molecule has 0 unspecified atom stereocenters. The van der Waals surface area contributed by atoms with E-state index in [1.807, 2.05) is 12.2 Å². The molecule has 4 nitrogen and oxygen atoms in total. The van der Waals surface area contributed by atoms with Crippen LogP contribution in [0.3, 0.4) is 0 Å². The van der Waals surface area contributed by atoms with Crippen LogP contribution in [0.2, 0.25) is 0 Å². The zero-order valence-corrected chi connectivity index (χ0v) is 14.5. The predicted molar refractivity (Wildman–Crippen MR) is 100 cm³/mol. The van der Waals surface area contributed by atoms with Gasteiger partial charge in [0, 0.05) is 18.7 Å². The summed E-state index contributed by atoms with van der Waals surface area (Å²) >= 11 is 0. The van der Waals surface area contributed by atoms with E-state index in [0.29, 0.717) is 11.4 Å². The summed E-state index contributed by atoms with van der Waals surface area (Å²) in [5.74, 6) is -0.367. The van der Waals surface area contributed by atoms with Crippen LogP contribution < -0.4 is 5.32 Å². The van der Waals surface area contributed by atoms with Gasteiger partial charge in [0.25, 0.3) is 5.91 Å². The molecule has 1 aliphatic heterocycles. The van der Waals surface area contributed by atoms with Crippen molar-refractivity contribution in [2.45, 2.75) is 19.3 Å². The highest BCUT2D eigenvalue weighted by atomic mass is 19.1. The van der Waals surface area contributed by atoms with E-state index >= 15 is 0 Å². The quantitative estimate of drug-likeness (QED) is 0.487. The van der Waals surface area contributed by atoms with Crippen molar-refractivity contribution in [1.29, 1.82) is 0 Å². The monoisotopic (exact) mass is 341 g/mol. The third-order valence-corrected chi connectivity index (χ3v) is 4.08. The summed E-state index contributed by atoms with van der Waals surface area (Å²) in [5.41, 5.74) is 1.87. The number of nitrogens with one attached hydrogen (secondary N) is 1. The molecule has 5 heteroatoms. The van der Waals surface area contributed by atoms with Crippen LogP contribution in [0.4, 0.5) is 4.39 Å². The van der Waals surface area contributed by atoms with Crippen molar-refractivity contribution < 1.29 is 9.18 Å². The minimum atomic E-state index is -0.379. The van der Waals surface area contributed by atoms with Crippen molar-refractivity contribution in [3.63, 3.8) is 0 Å². The fourth-order valence-electron chi connectivity index (χ4n) is 2.51. The summed E-state index contributed by atoms with van der Waals surface area (Å²) in [7, 11) is 2.14. The molecule has 0 spiro atoms. The van der Waals surface area contributed by atoms with Crippen LogP contribution in [-0.2, 0) is 0 Å². The fraction of sp³-hybridized carbons (Fsp3) is 0.300. The largest absolute Gasteiger partial charge is 0.307 e. The molecule has 1 aromatic carbocycles. The van der Waals surface area contributed by atoms with Gasteiger partial charge in [-0.3, -0.25) is 4.79 Å². The van der Waals surface area contributed by atoms with Crippen molar-refractivity contribution in [2.75, 3.05) is 20.1 Å². The van der Waals surface area contributed by atoms with Crippen LogP contribution in [0.15, 0.2) is 65.0 Å². The number of likely N-dealkylation sites (tertiary alicyclic amines) is 1. The summed E-state index contributed by atoms with van der Waals surface area (Å²) in [6.07, 6.45) is 10.9. The zero-order valence-electron chi connectivity index (χ0n) is 14.5. The molecule has 0 bridgehead atoms. The van der Waals surface area contributed by atoms with Gasteiger partial charge in [-0.2, -0.15) is 0 Å². The number of halogens is 1. The first-order valence-electron chi connectivity index (χ1n) is 8.35. The van der Waals surface area contributed by atoms with E-state index in [0.717, 1.165) is 32.4 Å². The third kappa shape index (κ3) is 6.47. The number of nitrogens with zero attached hydrogens (tertiary/aromatic N) is 2. The molecule has 0 aliphatic carbocycles. The number of piperidine rings is 1. The van der Waals surface area contributed by atoms with E-state index < -0.39 is 0 Å². The van der Waals surface area contributed by atoms with Gasteiger partial charge in [0.2, 0.25) is 0 Å². The Morgan fingerprint density at radius 2 is 2.00 bits per heavy atom. The third-order valence-electron chi connectivity index (χ3n) is 4.08. The van der Waals surface area contributed by atoms with Crippen LogP contribution in [0.25, 0.3) is 0 Å². The van der Waals surface area contributed by atoms with Crippen molar-refractivity contribution >= 4 is 12.6 Å². The molecular weight excluding hydrogens is 317 g/mol. The first-order valence-corrected chi connectivity index (χ1v) is 8.35. The molecule has 0 saturated carbocycles. The Hall–Kier alpha value is -2.53. The standard InChI is InChI=1S/C20H24FN3O/c1-22-19(23-20(25)17-8-10-18(21)11-9-17)7-5-3-4-6-16-12-14-24(2)15-13-16/h3,5-11H,1,4,12-15H2,2H3,(H,23,25)/b5-3-,19-7+. The maximum absolute atomic E-state index is 12.9.